The molecule has 1 aromatic heterocycles. The second kappa shape index (κ2) is 12.9. The van der Waals surface area contributed by atoms with Crippen LogP contribution in [-0.2, 0) is 16.0 Å². The first-order valence-corrected chi connectivity index (χ1v) is 16.0. The van der Waals surface area contributed by atoms with Crippen molar-refractivity contribution in [2.75, 3.05) is 19.6 Å². The zero-order chi connectivity index (χ0) is 32.6. The van der Waals surface area contributed by atoms with E-state index < -0.39 is 36.2 Å². The van der Waals surface area contributed by atoms with Gasteiger partial charge in [-0.3, -0.25) is 14.4 Å². The van der Waals surface area contributed by atoms with Crippen LogP contribution in [-0.4, -0.2) is 51.3 Å². The van der Waals surface area contributed by atoms with E-state index in [2.05, 4.69) is 15.3 Å². The van der Waals surface area contributed by atoms with E-state index in [9.17, 15) is 19.5 Å². The zero-order valence-corrected chi connectivity index (χ0v) is 27.2. The van der Waals surface area contributed by atoms with Crippen LogP contribution in [0.1, 0.15) is 85.1 Å². The third-order valence-electron chi connectivity index (χ3n) is 9.34. The Morgan fingerprint density at radius 2 is 1.69 bits per heavy atom. The minimum absolute atomic E-state index is 0.0264. The summed E-state index contributed by atoms with van der Waals surface area (Å²) in [5, 5.41) is 17.3. The number of nitrogens with one attached hydrogen (secondary N) is 1. The molecule has 2 atom stereocenters. The summed E-state index contributed by atoms with van der Waals surface area (Å²) in [6.45, 7) is 14.3. The summed E-state index contributed by atoms with van der Waals surface area (Å²) in [6, 6.07) is 8.93. The van der Waals surface area contributed by atoms with Crippen LogP contribution in [0.4, 0.5) is 4.39 Å². The van der Waals surface area contributed by atoms with E-state index in [1.807, 2.05) is 45.9 Å². The molecule has 1 saturated heterocycles. The summed E-state index contributed by atoms with van der Waals surface area (Å²) in [7, 11) is 0. The Morgan fingerprint density at radius 1 is 1.02 bits per heavy atom. The predicted octanol–water partition coefficient (Wildman–Crippen LogP) is 5.84. The van der Waals surface area contributed by atoms with Crippen LogP contribution in [0.15, 0.2) is 41.2 Å². The molecule has 45 heavy (non-hydrogen) atoms. The molecule has 2 aromatic carbocycles. The topological polar surface area (TPSA) is 105 Å². The first-order chi connectivity index (χ1) is 21.3. The normalized spacial score (nSPS) is 16.8. The maximum absolute atomic E-state index is 15.8. The van der Waals surface area contributed by atoms with Gasteiger partial charge in [-0.15, -0.1) is 0 Å². The number of benzene rings is 2. The molecule has 1 aliphatic heterocycles. The Kier molecular flexibility index (Phi) is 9.31. The summed E-state index contributed by atoms with van der Waals surface area (Å²) in [5.41, 5.74) is 5.55. The lowest BCUT2D eigenvalue weighted by atomic mass is 9.90. The molecule has 9 heteroatoms. The van der Waals surface area contributed by atoms with Crippen LogP contribution in [0, 0.1) is 44.8 Å². The Bertz CT molecular complexity index is 1650. The van der Waals surface area contributed by atoms with Crippen LogP contribution < -0.4 is 10.9 Å². The van der Waals surface area contributed by atoms with Gasteiger partial charge < -0.3 is 15.3 Å². The standard InChI is InChI=1S/C36H45FN4O4/c1-21(2)14-30(41-35(45)25(6)16-27(39-41)10-13-40-19-36(20-40)11-12-36)34(44)38-29(18-31(42)43)28-17-26(15-24(5)33(28)37)32-22(3)8-7-9-23(32)4/h7-9,15-17,21,29-30H,10-14,18-20H2,1-6H3,(H,38,44)(H,42,43). The lowest BCUT2D eigenvalue weighted by Gasteiger charge is -2.40. The van der Waals surface area contributed by atoms with Crippen LogP contribution in [0.5, 0.6) is 0 Å². The molecule has 2 heterocycles. The number of halogens is 1. The van der Waals surface area contributed by atoms with E-state index in [1.54, 1.807) is 32.0 Å². The second-order valence-electron chi connectivity index (χ2n) is 13.8. The first-order valence-electron chi connectivity index (χ1n) is 16.0. The molecule has 2 N–H and O–H groups in total. The number of carbonyl (C=O) groups is 2. The number of hydrogen-bond acceptors (Lipinski definition) is 5. The van der Waals surface area contributed by atoms with Gasteiger partial charge in [-0.1, -0.05) is 32.0 Å². The molecule has 0 radical (unpaired) electrons. The van der Waals surface area contributed by atoms with Crippen molar-refractivity contribution < 1.29 is 19.1 Å². The first kappa shape index (κ1) is 32.5. The molecule has 0 bridgehead atoms. The quantitative estimate of drug-likeness (QED) is 0.265. The smallest absolute Gasteiger partial charge is 0.305 e. The molecule has 5 rings (SSSR count). The molecule has 2 fully saturated rings. The van der Waals surface area contributed by atoms with E-state index in [1.165, 1.54) is 17.5 Å². The van der Waals surface area contributed by atoms with Crippen molar-refractivity contribution in [3.63, 3.8) is 0 Å². The fourth-order valence-electron chi connectivity index (χ4n) is 6.77. The minimum atomic E-state index is -1.18. The average molecular weight is 617 g/mol. The third kappa shape index (κ3) is 7.19. The van der Waals surface area contributed by atoms with Gasteiger partial charge in [-0.25, -0.2) is 9.07 Å². The van der Waals surface area contributed by atoms with Gasteiger partial charge in [0.05, 0.1) is 18.2 Å². The molecule has 1 spiro atoms. The summed E-state index contributed by atoms with van der Waals surface area (Å²) in [5.74, 6) is -2.28. The summed E-state index contributed by atoms with van der Waals surface area (Å²) < 4.78 is 17.0. The van der Waals surface area contributed by atoms with Gasteiger partial charge in [0, 0.05) is 37.2 Å². The van der Waals surface area contributed by atoms with Gasteiger partial charge in [0.2, 0.25) is 5.91 Å². The summed E-state index contributed by atoms with van der Waals surface area (Å²) >= 11 is 0. The highest BCUT2D eigenvalue weighted by molar-refractivity contribution is 5.82. The van der Waals surface area contributed by atoms with Gasteiger partial charge >= 0.3 is 5.97 Å². The predicted molar refractivity (Wildman–Crippen MR) is 173 cm³/mol. The number of rotatable bonds is 12. The van der Waals surface area contributed by atoms with Gasteiger partial charge in [0.25, 0.3) is 5.56 Å². The molecule has 1 saturated carbocycles. The molecule has 1 amide bonds. The van der Waals surface area contributed by atoms with E-state index in [0.717, 1.165) is 47.6 Å². The highest BCUT2D eigenvalue weighted by atomic mass is 19.1. The highest BCUT2D eigenvalue weighted by Gasteiger charge is 2.51. The lowest BCUT2D eigenvalue weighted by molar-refractivity contribution is -0.138. The van der Waals surface area contributed by atoms with Crippen molar-refractivity contribution >= 4 is 11.9 Å². The van der Waals surface area contributed by atoms with Gasteiger partial charge in [0.1, 0.15) is 11.9 Å². The number of carboxylic acid groups (broad SMARTS) is 1. The molecule has 8 nitrogen and oxygen atoms in total. The second-order valence-corrected chi connectivity index (χ2v) is 13.8. The van der Waals surface area contributed by atoms with E-state index in [0.29, 0.717) is 29.4 Å². The number of nitrogens with zero attached hydrogens (tertiary/aromatic N) is 3. The van der Waals surface area contributed by atoms with Crippen molar-refractivity contribution in [3.05, 3.63) is 86.1 Å². The van der Waals surface area contributed by atoms with E-state index >= 15 is 4.39 Å². The number of aliphatic carboxylic acids is 1. The number of aryl methyl sites for hydroxylation is 4. The Balaban J connectivity index is 1.46. The number of carboxylic acids is 1. The molecule has 3 aromatic rings. The Hall–Kier alpha value is -3.85. The lowest BCUT2D eigenvalue weighted by Crippen LogP contribution is -2.49. The Morgan fingerprint density at radius 3 is 2.29 bits per heavy atom. The van der Waals surface area contributed by atoms with E-state index in [-0.39, 0.29) is 17.0 Å². The average Bonchev–Trinajstić information content (AvgIpc) is 3.74. The number of carbonyl (C=O) groups excluding carboxylic acids is 1. The fourth-order valence-corrected chi connectivity index (χ4v) is 6.77. The number of likely N-dealkylation sites (tertiary alicyclic amines) is 1. The van der Waals surface area contributed by atoms with Crippen molar-refractivity contribution in [2.45, 2.75) is 85.7 Å². The van der Waals surface area contributed by atoms with Crippen LogP contribution >= 0.6 is 0 Å². The number of hydrogen-bond donors (Lipinski definition) is 2. The minimum Gasteiger partial charge on any atom is -0.481 e. The van der Waals surface area contributed by atoms with Crippen molar-refractivity contribution in [1.82, 2.24) is 20.0 Å². The fraction of sp³-hybridized carbons (Fsp3) is 0.500. The molecule has 240 valence electrons. The van der Waals surface area contributed by atoms with Gasteiger partial charge in [-0.05, 0) is 104 Å². The molecule has 1 aliphatic carbocycles. The van der Waals surface area contributed by atoms with Crippen molar-refractivity contribution in [2.24, 2.45) is 11.3 Å². The monoisotopic (exact) mass is 616 g/mol. The molecule has 2 unspecified atom stereocenters. The molecular formula is C36H45FN4O4. The summed E-state index contributed by atoms with van der Waals surface area (Å²) in [4.78, 5) is 41.9. The van der Waals surface area contributed by atoms with Crippen LogP contribution in [0.25, 0.3) is 11.1 Å². The Labute approximate surface area is 264 Å². The van der Waals surface area contributed by atoms with Gasteiger partial charge in [0.15, 0.2) is 0 Å². The third-order valence-corrected chi connectivity index (χ3v) is 9.34. The largest absolute Gasteiger partial charge is 0.481 e. The SMILES string of the molecule is Cc1cc(-c2c(C)cccc2C)cc(C(CC(=O)O)NC(=O)C(CC(C)C)n2nc(CCN3CC4(CC4)C3)cc(C)c2=O)c1F. The zero-order valence-electron chi connectivity index (χ0n) is 27.2. The van der Waals surface area contributed by atoms with Crippen molar-refractivity contribution in [1.29, 1.82) is 0 Å². The van der Waals surface area contributed by atoms with Gasteiger partial charge in [-0.2, -0.15) is 5.10 Å². The van der Waals surface area contributed by atoms with E-state index in [4.69, 9.17) is 0 Å². The maximum Gasteiger partial charge on any atom is 0.305 e. The molecule has 2 aliphatic rings. The highest BCUT2D eigenvalue weighted by Crippen LogP contribution is 2.52. The molecular weight excluding hydrogens is 571 g/mol. The van der Waals surface area contributed by atoms with Crippen LogP contribution in [0.2, 0.25) is 0 Å². The van der Waals surface area contributed by atoms with Crippen LogP contribution in [0.3, 0.4) is 0 Å². The maximum atomic E-state index is 15.8. The van der Waals surface area contributed by atoms with Crippen molar-refractivity contribution in [3.8, 4) is 11.1 Å². The number of aromatic nitrogens is 2. The summed E-state index contributed by atoms with van der Waals surface area (Å²) in [6.07, 6.45) is 3.05. The number of amides is 1.